The van der Waals surface area contributed by atoms with Gasteiger partial charge in [0.15, 0.2) is 11.0 Å². The smallest absolute Gasteiger partial charge is 0.273 e. The maximum Gasteiger partial charge on any atom is 0.273 e. The van der Waals surface area contributed by atoms with E-state index in [1.807, 2.05) is 0 Å². The highest BCUT2D eigenvalue weighted by Gasteiger charge is 2.31. The fourth-order valence-electron chi connectivity index (χ4n) is 2.81. The predicted octanol–water partition coefficient (Wildman–Crippen LogP) is 1.65. The number of thiazole rings is 1. The Bertz CT molecular complexity index is 723. The van der Waals surface area contributed by atoms with Crippen molar-refractivity contribution in [3.63, 3.8) is 0 Å². The molecular formula is C15H19N5O2S. The van der Waals surface area contributed by atoms with Crippen LogP contribution in [-0.4, -0.2) is 51.3 Å². The number of likely N-dealkylation sites (tertiary alicyclic amines) is 1. The van der Waals surface area contributed by atoms with Crippen molar-refractivity contribution in [2.24, 2.45) is 13.0 Å². The first-order valence-electron chi connectivity index (χ1n) is 7.54. The van der Waals surface area contributed by atoms with Crippen molar-refractivity contribution in [1.29, 1.82) is 0 Å². The molecule has 0 aromatic carbocycles. The van der Waals surface area contributed by atoms with Crippen LogP contribution in [-0.2, 0) is 7.05 Å². The van der Waals surface area contributed by atoms with E-state index in [-0.39, 0.29) is 17.6 Å². The van der Waals surface area contributed by atoms with Crippen LogP contribution < -0.4 is 5.32 Å². The van der Waals surface area contributed by atoms with Gasteiger partial charge in [-0.25, -0.2) is 9.97 Å². The molecule has 0 saturated carbocycles. The second kappa shape index (κ2) is 6.49. The van der Waals surface area contributed by atoms with Gasteiger partial charge < -0.3 is 14.8 Å². The molecule has 3 rings (SSSR count). The summed E-state index contributed by atoms with van der Waals surface area (Å²) in [5.41, 5.74) is 0.435. The van der Waals surface area contributed by atoms with Crippen molar-refractivity contribution in [3.8, 4) is 0 Å². The highest BCUT2D eigenvalue weighted by atomic mass is 32.1. The van der Waals surface area contributed by atoms with E-state index in [4.69, 9.17) is 0 Å². The number of anilines is 1. The Morgan fingerprint density at radius 1 is 1.43 bits per heavy atom. The number of amides is 1. The Kier molecular flexibility index (Phi) is 4.42. The number of rotatable bonds is 4. The van der Waals surface area contributed by atoms with Crippen LogP contribution in [0.3, 0.4) is 0 Å². The maximum atomic E-state index is 12.6. The molecular weight excluding hydrogens is 314 g/mol. The number of imidazole rings is 1. The average molecular weight is 333 g/mol. The quantitative estimate of drug-likeness (QED) is 0.861. The zero-order valence-corrected chi connectivity index (χ0v) is 14.0. The lowest BCUT2D eigenvalue weighted by molar-refractivity contribution is 0.0628. The molecule has 23 heavy (non-hydrogen) atoms. The second-order valence-corrected chi connectivity index (χ2v) is 6.46. The molecule has 2 aromatic heterocycles. The minimum absolute atomic E-state index is 0.00388. The largest absolute Gasteiger partial charge is 0.365 e. The summed E-state index contributed by atoms with van der Waals surface area (Å²) < 4.78 is 1.72. The third-order valence-electron chi connectivity index (χ3n) is 4.06. The molecule has 0 bridgehead atoms. The molecule has 0 unspecified atom stereocenters. The molecule has 122 valence electrons. The number of carbonyl (C=O) groups excluding carboxylic acids is 2. The van der Waals surface area contributed by atoms with Crippen LogP contribution in [0.15, 0.2) is 17.8 Å². The van der Waals surface area contributed by atoms with E-state index in [1.165, 1.54) is 11.3 Å². The standard InChI is InChI=1S/C15H19N5O2S/c1-16-15-18-11(9-23-15)14(22)20-6-3-4-10(8-20)12(21)13-17-5-7-19(13)2/h5,7,9-10H,3-4,6,8H2,1-2H3,(H,16,18)/t10-/m1/s1. The topological polar surface area (TPSA) is 80.1 Å². The van der Waals surface area contributed by atoms with Gasteiger partial charge in [0.1, 0.15) is 5.69 Å². The van der Waals surface area contributed by atoms with Crippen LogP contribution in [0.4, 0.5) is 5.13 Å². The predicted molar refractivity (Wildman–Crippen MR) is 87.8 cm³/mol. The Labute approximate surface area is 138 Å². The lowest BCUT2D eigenvalue weighted by Gasteiger charge is -2.31. The first kappa shape index (κ1) is 15.7. The van der Waals surface area contributed by atoms with Gasteiger partial charge in [-0.3, -0.25) is 9.59 Å². The van der Waals surface area contributed by atoms with Crippen LogP contribution in [0.5, 0.6) is 0 Å². The number of ketones is 1. The number of Topliss-reactive ketones (excluding diaryl/α,β-unsaturated/α-hetero) is 1. The molecule has 7 nitrogen and oxygen atoms in total. The fraction of sp³-hybridized carbons (Fsp3) is 0.467. The van der Waals surface area contributed by atoms with Crippen molar-refractivity contribution < 1.29 is 9.59 Å². The molecule has 1 saturated heterocycles. The van der Waals surface area contributed by atoms with Crippen molar-refractivity contribution in [1.82, 2.24) is 19.4 Å². The number of piperidine rings is 1. The van der Waals surface area contributed by atoms with E-state index in [0.29, 0.717) is 29.7 Å². The number of aromatic nitrogens is 3. The van der Waals surface area contributed by atoms with E-state index >= 15 is 0 Å². The molecule has 1 aliphatic rings. The molecule has 1 amide bonds. The van der Waals surface area contributed by atoms with E-state index in [1.54, 1.807) is 41.3 Å². The van der Waals surface area contributed by atoms with Gasteiger partial charge in [0.25, 0.3) is 5.91 Å². The first-order valence-corrected chi connectivity index (χ1v) is 8.42. The number of hydrogen-bond donors (Lipinski definition) is 1. The maximum absolute atomic E-state index is 12.6. The Morgan fingerprint density at radius 2 is 2.26 bits per heavy atom. The number of hydrogen-bond acceptors (Lipinski definition) is 6. The van der Waals surface area contributed by atoms with Crippen molar-refractivity contribution in [2.75, 3.05) is 25.5 Å². The minimum atomic E-state index is -0.198. The van der Waals surface area contributed by atoms with Crippen molar-refractivity contribution >= 4 is 28.2 Å². The molecule has 1 aliphatic heterocycles. The summed E-state index contributed by atoms with van der Waals surface area (Å²) in [4.78, 5) is 35.3. The monoisotopic (exact) mass is 333 g/mol. The SMILES string of the molecule is CNc1nc(C(=O)N2CCC[C@@H](C(=O)c3nccn3C)C2)cs1. The molecule has 3 heterocycles. The zero-order chi connectivity index (χ0) is 16.4. The van der Waals surface area contributed by atoms with Crippen LogP contribution in [0.25, 0.3) is 0 Å². The normalized spacial score (nSPS) is 18.0. The third-order valence-corrected chi connectivity index (χ3v) is 4.92. The summed E-state index contributed by atoms with van der Waals surface area (Å²) in [5, 5.41) is 5.39. The fourth-order valence-corrected chi connectivity index (χ4v) is 3.46. The van der Waals surface area contributed by atoms with Crippen molar-refractivity contribution in [3.05, 3.63) is 29.3 Å². The summed E-state index contributed by atoms with van der Waals surface area (Å²) in [7, 11) is 3.58. The lowest BCUT2D eigenvalue weighted by atomic mass is 9.93. The van der Waals surface area contributed by atoms with Crippen LogP contribution in [0.1, 0.15) is 33.9 Å². The highest BCUT2D eigenvalue weighted by molar-refractivity contribution is 7.13. The van der Waals surface area contributed by atoms with Crippen LogP contribution >= 0.6 is 11.3 Å². The van der Waals surface area contributed by atoms with Crippen LogP contribution in [0, 0.1) is 5.92 Å². The molecule has 1 fully saturated rings. The summed E-state index contributed by atoms with van der Waals surface area (Å²) >= 11 is 1.40. The van der Waals surface area contributed by atoms with E-state index in [9.17, 15) is 9.59 Å². The number of aryl methyl sites for hydroxylation is 1. The molecule has 0 spiro atoms. The molecule has 0 radical (unpaired) electrons. The summed E-state index contributed by atoms with van der Waals surface area (Å²) in [6, 6.07) is 0. The van der Waals surface area contributed by atoms with Gasteiger partial charge in [0.05, 0.1) is 0 Å². The summed E-state index contributed by atoms with van der Waals surface area (Å²) in [5.74, 6) is 0.149. The van der Waals surface area contributed by atoms with Crippen LogP contribution in [0.2, 0.25) is 0 Å². The van der Waals surface area contributed by atoms with Crippen molar-refractivity contribution in [2.45, 2.75) is 12.8 Å². The van der Waals surface area contributed by atoms with Gasteiger partial charge in [-0.15, -0.1) is 11.3 Å². The minimum Gasteiger partial charge on any atom is -0.365 e. The van der Waals surface area contributed by atoms with Gasteiger partial charge in [-0.1, -0.05) is 0 Å². The second-order valence-electron chi connectivity index (χ2n) is 5.60. The molecule has 1 atom stereocenters. The third kappa shape index (κ3) is 3.12. The Balaban J connectivity index is 1.72. The highest BCUT2D eigenvalue weighted by Crippen LogP contribution is 2.23. The molecule has 1 N–H and O–H groups in total. The van der Waals surface area contributed by atoms with E-state index in [0.717, 1.165) is 12.8 Å². The summed E-state index contributed by atoms with van der Waals surface area (Å²) in [6.07, 6.45) is 4.98. The summed E-state index contributed by atoms with van der Waals surface area (Å²) in [6.45, 7) is 1.09. The van der Waals surface area contributed by atoms with Gasteiger partial charge in [0.2, 0.25) is 5.78 Å². The van der Waals surface area contributed by atoms with Gasteiger partial charge in [-0.05, 0) is 12.8 Å². The number of nitrogens with one attached hydrogen (secondary N) is 1. The Hall–Kier alpha value is -2.22. The average Bonchev–Trinajstić information content (AvgIpc) is 3.22. The Morgan fingerprint density at radius 3 is 2.91 bits per heavy atom. The zero-order valence-electron chi connectivity index (χ0n) is 13.2. The lowest BCUT2D eigenvalue weighted by Crippen LogP contribution is -2.42. The number of nitrogens with zero attached hydrogens (tertiary/aromatic N) is 4. The first-order chi connectivity index (χ1) is 11.1. The molecule has 8 heteroatoms. The van der Waals surface area contributed by atoms with E-state index < -0.39 is 0 Å². The van der Waals surface area contributed by atoms with Gasteiger partial charge >= 0.3 is 0 Å². The van der Waals surface area contributed by atoms with Gasteiger partial charge in [-0.2, -0.15) is 0 Å². The molecule has 2 aromatic rings. The van der Waals surface area contributed by atoms with Gasteiger partial charge in [0, 0.05) is 50.9 Å². The molecule has 0 aliphatic carbocycles. The number of carbonyl (C=O) groups is 2. The van der Waals surface area contributed by atoms with E-state index in [2.05, 4.69) is 15.3 Å².